The van der Waals surface area contributed by atoms with Gasteiger partial charge >= 0.3 is 0 Å². The minimum atomic E-state index is -0.414. The Bertz CT molecular complexity index is 1270. The molecule has 3 rings (SSSR count). The summed E-state index contributed by atoms with van der Waals surface area (Å²) in [4.78, 5) is 37.8. The van der Waals surface area contributed by atoms with E-state index in [0.717, 1.165) is 25.1 Å². The summed E-state index contributed by atoms with van der Waals surface area (Å²) in [6.07, 6.45) is 8.80. The molecular weight excluding hydrogens is 504 g/mol. The van der Waals surface area contributed by atoms with E-state index < -0.39 is 6.04 Å². The summed E-state index contributed by atoms with van der Waals surface area (Å²) < 4.78 is 0. The minimum Gasteiger partial charge on any atom is -0.369 e. The maximum atomic E-state index is 12.7. The molecule has 0 radical (unpaired) electrons. The van der Waals surface area contributed by atoms with Crippen LogP contribution < -0.4 is 16.0 Å². The summed E-state index contributed by atoms with van der Waals surface area (Å²) in [5.41, 5.74) is 2.07. The van der Waals surface area contributed by atoms with E-state index in [1.54, 1.807) is 41.4 Å². The molecule has 210 valence electrons. The van der Waals surface area contributed by atoms with Gasteiger partial charge in [0.15, 0.2) is 0 Å². The molecule has 1 saturated heterocycles. The maximum absolute atomic E-state index is 12.7. The molecule has 10 heteroatoms. The molecule has 1 aromatic heterocycles. The Labute approximate surface area is 236 Å². The second kappa shape index (κ2) is 15.9. The van der Waals surface area contributed by atoms with Gasteiger partial charge in [0, 0.05) is 44.4 Å². The molecule has 0 saturated carbocycles. The highest BCUT2D eigenvalue weighted by atomic mass is 16.2. The molecule has 40 heavy (non-hydrogen) atoms. The quantitative estimate of drug-likeness (QED) is 0.212. The summed E-state index contributed by atoms with van der Waals surface area (Å²) in [5.74, 6) is 7.16. The number of carbonyl (C=O) groups is 2. The normalized spacial score (nSPS) is 14.5. The molecule has 1 aliphatic rings. The van der Waals surface area contributed by atoms with Crippen LogP contribution in [-0.2, 0) is 9.59 Å². The van der Waals surface area contributed by atoms with Gasteiger partial charge < -0.3 is 25.8 Å². The number of likely N-dealkylation sites (tertiary alicyclic amines) is 1. The van der Waals surface area contributed by atoms with Gasteiger partial charge in [0.25, 0.3) is 0 Å². The first-order valence-electron chi connectivity index (χ1n) is 13.7. The van der Waals surface area contributed by atoms with Crippen molar-refractivity contribution >= 4 is 29.3 Å². The molecule has 2 aromatic rings. The highest BCUT2D eigenvalue weighted by molar-refractivity contribution is 5.93. The number of anilines is 3. The van der Waals surface area contributed by atoms with Crippen LogP contribution in [-0.4, -0.2) is 77.9 Å². The number of likely N-dealkylation sites (N-methyl/N-ethyl adjacent to an activating group) is 1. The van der Waals surface area contributed by atoms with Gasteiger partial charge in [-0.1, -0.05) is 24.8 Å². The average Bonchev–Trinajstić information content (AvgIpc) is 3.45. The molecule has 2 heterocycles. The number of hydrogen-bond donors (Lipinski definition) is 3. The third-order valence-corrected chi connectivity index (χ3v) is 6.17. The van der Waals surface area contributed by atoms with E-state index >= 15 is 0 Å². The fourth-order valence-corrected chi connectivity index (χ4v) is 4.10. The van der Waals surface area contributed by atoms with Crippen LogP contribution in [0.5, 0.6) is 0 Å². The summed E-state index contributed by atoms with van der Waals surface area (Å²) in [7, 11) is 3.88. The van der Waals surface area contributed by atoms with Crippen LogP contribution in [0.15, 0.2) is 42.6 Å². The Hall–Kier alpha value is -4.41. The van der Waals surface area contributed by atoms with Crippen LogP contribution in [0, 0.1) is 23.2 Å². The second-order valence-electron chi connectivity index (χ2n) is 9.75. The van der Waals surface area contributed by atoms with E-state index in [9.17, 15) is 9.59 Å². The topological polar surface area (TPSA) is 126 Å². The third-order valence-electron chi connectivity index (χ3n) is 6.17. The maximum Gasteiger partial charge on any atom is 0.246 e. The molecular formula is C30H38N8O2. The number of nitrogens with one attached hydrogen (secondary N) is 3. The van der Waals surface area contributed by atoms with Crippen molar-refractivity contribution in [2.45, 2.75) is 45.1 Å². The standard InChI is InChI=1S/C30H38N8O2/c1-4-17-32-28-24(22-34-30(36-28)35-25-15-13-23(21-31)14-16-25)10-6-5-7-18-33-29(40)26-11-8-20-38(26)27(39)12-9-19-37(2)3/h9,12-16,22,26H,4-5,7-8,11,17-20H2,1-3H3,(H,33,40)(H2,32,34,35,36)/b12-9+/t26-/m1/s1. The Morgan fingerprint density at radius 1 is 1.23 bits per heavy atom. The van der Waals surface area contributed by atoms with E-state index in [1.807, 2.05) is 25.1 Å². The Kier molecular flexibility index (Phi) is 12.0. The highest BCUT2D eigenvalue weighted by Gasteiger charge is 2.32. The first kappa shape index (κ1) is 30.1. The van der Waals surface area contributed by atoms with Gasteiger partial charge in [-0.05, 0) is 64.0 Å². The largest absolute Gasteiger partial charge is 0.369 e. The molecule has 0 bridgehead atoms. The van der Waals surface area contributed by atoms with Crippen molar-refractivity contribution in [3.63, 3.8) is 0 Å². The first-order valence-corrected chi connectivity index (χ1v) is 13.7. The lowest BCUT2D eigenvalue weighted by atomic mass is 10.2. The number of amides is 2. The number of carbonyl (C=O) groups excluding carboxylic acids is 2. The summed E-state index contributed by atoms with van der Waals surface area (Å²) in [6, 6.07) is 8.76. The van der Waals surface area contributed by atoms with Crippen LogP contribution in [0.1, 0.15) is 50.2 Å². The van der Waals surface area contributed by atoms with Crippen LogP contribution >= 0.6 is 0 Å². The van der Waals surface area contributed by atoms with Crippen LogP contribution in [0.2, 0.25) is 0 Å². The smallest absolute Gasteiger partial charge is 0.246 e. The van der Waals surface area contributed by atoms with Gasteiger partial charge in [0.1, 0.15) is 11.9 Å². The van der Waals surface area contributed by atoms with Crippen LogP contribution in [0.3, 0.4) is 0 Å². The molecule has 1 fully saturated rings. The van der Waals surface area contributed by atoms with Gasteiger partial charge in [-0.25, -0.2) is 4.98 Å². The van der Waals surface area contributed by atoms with Crippen molar-refractivity contribution in [1.29, 1.82) is 5.26 Å². The lowest BCUT2D eigenvalue weighted by Crippen LogP contribution is -2.45. The van der Waals surface area contributed by atoms with Crippen molar-refractivity contribution in [1.82, 2.24) is 25.1 Å². The monoisotopic (exact) mass is 542 g/mol. The highest BCUT2D eigenvalue weighted by Crippen LogP contribution is 2.19. The molecule has 0 aliphatic carbocycles. The molecule has 0 spiro atoms. The van der Waals surface area contributed by atoms with Crippen molar-refractivity contribution in [3.8, 4) is 17.9 Å². The van der Waals surface area contributed by atoms with Gasteiger partial charge in [-0.15, -0.1) is 0 Å². The third kappa shape index (κ3) is 9.40. The lowest BCUT2D eigenvalue weighted by molar-refractivity contribution is -0.135. The Morgan fingerprint density at radius 3 is 2.75 bits per heavy atom. The average molecular weight is 543 g/mol. The molecule has 1 aliphatic heterocycles. The lowest BCUT2D eigenvalue weighted by Gasteiger charge is -2.22. The molecule has 1 aromatic carbocycles. The van der Waals surface area contributed by atoms with E-state index in [1.165, 1.54) is 0 Å². The van der Waals surface area contributed by atoms with Crippen molar-refractivity contribution < 1.29 is 9.59 Å². The molecule has 0 unspecified atom stereocenters. The zero-order valence-electron chi connectivity index (χ0n) is 23.5. The molecule has 10 nitrogen and oxygen atoms in total. The summed E-state index contributed by atoms with van der Waals surface area (Å²) in [5, 5.41) is 18.4. The predicted molar refractivity (Wildman–Crippen MR) is 157 cm³/mol. The molecule has 3 N–H and O–H groups in total. The zero-order valence-corrected chi connectivity index (χ0v) is 23.5. The number of hydrogen-bond acceptors (Lipinski definition) is 8. The first-order chi connectivity index (χ1) is 19.4. The fourth-order valence-electron chi connectivity index (χ4n) is 4.10. The van der Waals surface area contributed by atoms with Gasteiger partial charge in [-0.3, -0.25) is 9.59 Å². The second-order valence-corrected chi connectivity index (χ2v) is 9.75. The van der Waals surface area contributed by atoms with Gasteiger partial charge in [0.2, 0.25) is 17.8 Å². The van der Waals surface area contributed by atoms with E-state index in [-0.39, 0.29) is 11.8 Å². The Morgan fingerprint density at radius 2 is 2.02 bits per heavy atom. The zero-order chi connectivity index (χ0) is 28.7. The number of benzene rings is 1. The molecule has 2 amide bonds. The minimum absolute atomic E-state index is 0.107. The van der Waals surface area contributed by atoms with E-state index in [2.05, 4.69) is 50.8 Å². The van der Waals surface area contributed by atoms with Crippen molar-refractivity contribution in [2.24, 2.45) is 0 Å². The number of nitriles is 1. The number of rotatable bonds is 12. The number of unbranched alkanes of at least 4 members (excludes halogenated alkanes) is 1. The van der Waals surface area contributed by atoms with E-state index in [4.69, 9.17) is 5.26 Å². The van der Waals surface area contributed by atoms with Crippen LogP contribution in [0.25, 0.3) is 0 Å². The fraction of sp³-hybridized carbons (Fsp3) is 0.433. The van der Waals surface area contributed by atoms with Crippen LogP contribution in [0.4, 0.5) is 17.5 Å². The van der Waals surface area contributed by atoms with Gasteiger partial charge in [0.05, 0.1) is 23.4 Å². The van der Waals surface area contributed by atoms with Gasteiger partial charge in [-0.2, -0.15) is 10.2 Å². The SMILES string of the molecule is CCCNc1nc(Nc2ccc(C#N)cc2)ncc1C#CCCCNC(=O)[C@H]1CCCN1C(=O)/C=C/CN(C)C. The summed E-state index contributed by atoms with van der Waals surface area (Å²) >= 11 is 0. The predicted octanol–water partition coefficient (Wildman–Crippen LogP) is 3.27. The Balaban J connectivity index is 1.50. The van der Waals surface area contributed by atoms with Crippen molar-refractivity contribution in [2.75, 3.05) is 50.9 Å². The number of nitrogens with zero attached hydrogens (tertiary/aromatic N) is 5. The van der Waals surface area contributed by atoms with E-state index in [0.29, 0.717) is 61.8 Å². The summed E-state index contributed by atoms with van der Waals surface area (Å²) in [6.45, 7) is 4.60. The molecule has 1 atom stereocenters. The number of aromatic nitrogens is 2. The van der Waals surface area contributed by atoms with Crippen molar-refractivity contribution in [3.05, 3.63) is 53.7 Å².